The molecule has 1 fully saturated rings. The standard InChI is InChI=1S/C18H21NO2/c1-21-17-10-8-16(9-11-17)19-18(12-20)15-6-4-14(5-7-15)13-2-3-13/h4-11,13,18-20H,2-3,12H2,1H3. The first-order valence-corrected chi connectivity index (χ1v) is 7.41. The molecule has 1 aliphatic rings. The van der Waals surface area contributed by atoms with Gasteiger partial charge in [0.2, 0.25) is 0 Å². The van der Waals surface area contributed by atoms with E-state index < -0.39 is 0 Å². The molecule has 0 amide bonds. The number of aliphatic hydroxyl groups is 1. The minimum Gasteiger partial charge on any atom is -0.497 e. The zero-order valence-corrected chi connectivity index (χ0v) is 12.3. The van der Waals surface area contributed by atoms with Crippen molar-refractivity contribution in [2.75, 3.05) is 19.0 Å². The number of benzene rings is 2. The number of anilines is 1. The number of methoxy groups -OCH3 is 1. The van der Waals surface area contributed by atoms with Crippen LogP contribution < -0.4 is 10.1 Å². The van der Waals surface area contributed by atoms with E-state index in [2.05, 4.69) is 29.6 Å². The summed E-state index contributed by atoms with van der Waals surface area (Å²) in [4.78, 5) is 0. The Morgan fingerprint density at radius 3 is 2.29 bits per heavy atom. The second kappa shape index (κ2) is 6.19. The van der Waals surface area contributed by atoms with Crippen LogP contribution in [-0.2, 0) is 0 Å². The highest BCUT2D eigenvalue weighted by molar-refractivity contribution is 5.48. The van der Waals surface area contributed by atoms with Gasteiger partial charge in [0.1, 0.15) is 5.75 Å². The molecule has 21 heavy (non-hydrogen) atoms. The minimum absolute atomic E-state index is 0.0643. The number of nitrogens with one attached hydrogen (secondary N) is 1. The van der Waals surface area contributed by atoms with Gasteiger partial charge < -0.3 is 15.2 Å². The Labute approximate surface area is 125 Å². The Morgan fingerprint density at radius 2 is 1.76 bits per heavy atom. The summed E-state index contributed by atoms with van der Waals surface area (Å²) in [7, 11) is 1.65. The molecule has 3 rings (SSSR count). The number of ether oxygens (including phenoxy) is 1. The van der Waals surface area contributed by atoms with Crippen molar-refractivity contribution in [2.24, 2.45) is 0 Å². The van der Waals surface area contributed by atoms with E-state index in [1.165, 1.54) is 18.4 Å². The van der Waals surface area contributed by atoms with E-state index in [-0.39, 0.29) is 12.6 Å². The molecule has 0 aromatic heterocycles. The summed E-state index contributed by atoms with van der Waals surface area (Å²) < 4.78 is 5.15. The SMILES string of the molecule is COc1ccc(NC(CO)c2ccc(C3CC3)cc2)cc1. The predicted octanol–water partition coefficient (Wildman–Crippen LogP) is 3.72. The van der Waals surface area contributed by atoms with Crippen LogP contribution in [0.5, 0.6) is 5.75 Å². The molecule has 1 saturated carbocycles. The third-order valence-electron chi connectivity index (χ3n) is 4.00. The van der Waals surface area contributed by atoms with Crippen molar-refractivity contribution in [3.05, 3.63) is 59.7 Å². The first-order valence-electron chi connectivity index (χ1n) is 7.41. The Morgan fingerprint density at radius 1 is 1.10 bits per heavy atom. The maximum atomic E-state index is 9.65. The highest BCUT2D eigenvalue weighted by atomic mass is 16.5. The van der Waals surface area contributed by atoms with Crippen LogP contribution in [0, 0.1) is 0 Å². The van der Waals surface area contributed by atoms with E-state index in [9.17, 15) is 5.11 Å². The summed E-state index contributed by atoms with van der Waals surface area (Å²) in [6.07, 6.45) is 2.62. The Kier molecular flexibility index (Phi) is 4.11. The molecule has 3 nitrogen and oxygen atoms in total. The highest BCUT2D eigenvalue weighted by Gasteiger charge is 2.23. The van der Waals surface area contributed by atoms with Crippen LogP contribution >= 0.6 is 0 Å². The van der Waals surface area contributed by atoms with Crippen molar-refractivity contribution >= 4 is 5.69 Å². The minimum atomic E-state index is -0.0911. The van der Waals surface area contributed by atoms with Crippen molar-refractivity contribution in [1.29, 1.82) is 0 Å². The van der Waals surface area contributed by atoms with Gasteiger partial charge in [-0.25, -0.2) is 0 Å². The largest absolute Gasteiger partial charge is 0.497 e. The highest BCUT2D eigenvalue weighted by Crippen LogP contribution is 2.40. The van der Waals surface area contributed by atoms with E-state index >= 15 is 0 Å². The molecule has 0 bridgehead atoms. The number of hydrogen-bond acceptors (Lipinski definition) is 3. The van der Waals surface area contributed by atoms with Crippen LogP contribution in [0.2, 0.25) is 0 Å². The predicted molar refractivity (Wildman–Crippen MR) is 84.9 cm³/mol. The fraction of sp³-hybridized carbons (Fsp3) is 0.333. The zero-order chi connectivity index (χ0) is 14.7. The average Bonchev–Trinajstić information content (AvgIpc) is 3.38. The normalized spacial score (nSPS) is 15.5. The molecule has 0 spiro atoms. The van der Waals surface area contributed by atoms with Crippen molar-refractivity contribution in [1.82, 2.24) is 0 Å². The maximum absolute atomic E-state index is 9.65. The van der Waals surface area contributed by atoms with Gasteiger partial charge in [-0.2, -0.15) is 0 Å². The maximum Gasteiger partial charge on any atom is 0.119 e. The molecule has 2 aromatic carbocycles. The van der Waals surface area contributed by atoms with Crippen molar-refractivity contribution in [2.45, 2.75) is 24.8 Å². The summed E-state index contributed by atoms with van der Waals surface area (Å²) in [5.41, 5.74) is 3.50. The molecule has 1 unspecified atom stereocenters. The van der Waals surface area contributed by atoms with E-state index in [4.69, 9.17) is 4.74 Å². The van der Waals surface area contributed by atoms with E-state index in [1.54, 1.807) is 7.11 Å². The lowest BCUT2D eigenvalue weighted by Crippen LogP contribution is -2.14. The smallest absolute Gasteiger partial charge is 0.119 e. The zero-order valence-electron chi connectivity index (χ0n) is 12.3. The molecule has 0 aliphatic heterocycles. The van der Waals surface area contributed by atoms with Crippen LogP contribution in [0.15, 0.2) is 48.5 Å². The van der Waals surface area contributed by atoms with E-state index in [1.807, 2.05) is 24.3 Å². The Hall–Kier alpha value is -2.00. The molecular formula is C18H21NO2. The third kappa shape index (κ3) is 3.37. The molecule has 2 aromatic rings. The molecule has 0 radical (unpaired) electrons. The van der Waals surface area contributed by atoms with Gasteiger partial charge >= 0.3 is 0 Å². The van der Waals surface area contributed by atoms with Crippen LogP contribution in [0.25, 0.3) is 0 Å². The van der Waals surface area contributed by atoms with Crippen molar-refractivity contribution in [3.63, 3.8) is 0 Å². The molecule has 3 heteroatoms. The Bertz CT molecular complexity index is 573. The third-order valence-corrected chi connectivity index (χ3v) is 4.00. The van der Waals surface area contributed by atoms with Gasteiger partial charge in [0.05, 0.1) is 19.8 Å². The molecule has 0 heterocycles. The topological polar surface area (TPSA) is 41.5 Å². The first-order chi connectivity index (χ1) is 10.3. The average molecular weight is 283 g/mol. The summed E-state index contributed by atoms with van der Waals surface area (Å²) in [6.45, 7) is 0.0643. The van der Waals surface area contributed by atoms with Gasteiger partial charge in [-0.3, -0.25) is 0 Å². The van der Waals surface area contributed by atoms with Crippen LogP contribution in [0.3, 0.4) is 0 Å². The molecule has 110 valence electrons. The Balaban J connectivity index is 1.70. The van der Waals surface area contributed by atoms with Gasteiger partial charge in [0.15, 0.2) is 0 Å². The number of rotatable bonds is 6. The second-order valence-corrected chi connectivity index (χ2v) is 5.55. The van der Waals surface area contributed by atoms with Gasteiger partial charge in [-0.05, 0) is 54.2 Å². The van der Waals surface area contributed by atoms with E-state index in [0.29, 0.717) is 0 Å². The molecule has 1 atom stereocenters. The summed E-state index contributed by atoms with van der Waals surface area (Å²) in [6, 6.07) is 16.2. The first kappa shape index (κ1) is 14.0. The number of hydrogen-bond donors (Lipinski definition) is 2. The second-order valence-electron chi connectivity index (χ2n) is 5.55. The van der Waals surface area contributed by atoms with Crippen LogP contribution in [-0.4, -0.2) is 18.8 Å². The van der Waals surface area contributed by atoms with Gasteiger partial charge in [-0.1, -0.05) is 24.3 Å². The summed E-state index contributed by atoms with van der Waals surface area (Å²) in [5.74, 6) is 1.59. The molecule has 1 aliphatic carbocycles. The summed E-state index contributed by atoms with van der Waals surface area (Å²) in [5, 5.41) is 13.0. The van der Waals surface area contributed by atoms with Crippen LogP contribution in [0.4, 0.5) is 5.69 Å². The lowest BCUT2D eigenvalue weighted by atomic mass is 10.0. The fourth-order valence-electron chi connectivity index (χ4n) is 2.54. The lowest BCUT2D eigenvalue weighted by Gasteiger charge is -2.18. The monoisotopic (exact) mass is 283 g/mol. The quantitative estimate of drug-likeness (QED) is 0.849. The van der Waals surface area contributed by atoms with Gasteiger partial charge in [0.25, 0.3) is 0 Å². The van der Waals surface area contributed by atoms with Crippen molar-refractivity contribution in [3.8, 4) is 5.75 Å². The molecule has 0 saturated heterocycles. The van der Waals surface area contributed by atoms with Crippen LogP contribution in [0.1, 0.15) is 35.9 Å². The number of aliphatic hydroxyl groups excluding tert-OH is 1. The lowest BCUT2D eigenvalue weighted by molar-refractivity contribution is 0.276. The fourth-order valence-corrected chi connectivity index (χ4v) is 2.54. The summed E-state index contributed by atoms with van der Waals surface area (Å²) >= 11 is 0. The van der Waals surface area contributed by atoms with Gasteiger partial charge in [-0.15, -0.1) is 0 Å². The van der Waals surface area contributed by atoms with Crippen molar-refractivity contribution < 1.29 is 9.84 Å². The van der Waals surface area contributed by atoms with Gasteiger partial charge in [0, 0.05) is 5.69 Å². The molecular weight excluding hydrogens is 262 g/mol. The van der Waals surface area contributed by atoms with E-state index in [0.717, 1.165) is 22.9 Å². The molecule has 2 N–H and O–H groups in total.